The van der Waals surface area contributed by atoms with Crippen LogP contribution >= 0.6 is 15.9 Å². The Labute approximate surface area is 108 Å². The number of halogens is 1. The van der Waals surface area contributed by atoms with Crippen molar-refractivity contribution in [3.63, 3.8) is 0 Å². The lowest BCUT2D eigenvalue weighted by atomic mass is 10.1. The first-order valence-corrected chi connectivity index (χ1v) is 5.95. The molecule has 5 nitrogen and oxygen atoms in total. The van der Waals surface area contributed by atoms with Crippen LogP contribution in [0.1, 0.15) is 19.4 Å². The summed E-state index contributed by atoms with van der Waals surface area (Å²) in [7, 11) is 0. The van der Waals surface area contributed by atoms with Gasteiger partial charge in [0.05, 0.1) is 15.0 Å². The van der Waals surface area contributed by atoms with Crippen LogP contribution in [0.15, 0.2) is 22.7 Å². The number of hydrogen-bond donors (Lipinski definition) is 2. The zero-order chi connectivity index (χ0) is 13.1. The molecule has 2 N–H and O–H groups in total. The van der Waals surface area contributed by atoms with E-state index in [-0.39, 0.29) is 5.69 Å². The van der Waals surface area contributed by atoms with E-state index in [0.29, 0.717) is 17.6 Å². The van der Waals surface area contributed by atoms with E-state index < -0.39 is 10.5 Å². The molecule has 0 radical (unpaired) electrons. The highest BCUT2D eigenvalue weighted by molar-refractivity contribution is 9.10. The Morgan fingerprint density at radius 3 is 2.71 bits per heavy atom. The van der Waals surface area contributed by atoms with Crippen molar-refractivity contribution in [3.05, 3.63) is 38.3 Å². The highest BCUT2D eigenvalue weighted by Crippen LogP contribution is 2.25. The van der Waals surface area contributed by atoms with Crippen LogP contribution in [-0.2, 0) is 6.54 Å². The molecule has 94 valence electrons. The first-order valence-electron chi connectivity index (χ1n) is 5.15. The first-order chi connectivity index (χ1) is 7.79. The van der Waals surface area contributed by atoms with E-state index >= 15 is 0 Å². The summed E-state index contributed by atoms with van der Waals surface area (Å²) in [5.74, 6) is 0. The molecule has 0 aliphatic heterocycles. The molecule has 6 heteroatoms. The van der Waals surface area contributed by atoms with Crippen LogP contribution in [0, 0.1) is 10.1 Å². The molecule has 0 saturated heterocycles. The van der Waals surface area contributed by atoms with Crippen molar-refractivity contribution in [2.45, 2.75) is 26.0 Å². The Bertz CT molecular complexity index is 416. The van der Waals surface area contributed by atoms with Gasteiger partial charge in [0.15, 0.2) is 0 Å². The molecule has 1 aromatic carbocycles. The highest BCUT2D eigenvalue weighted by Gasteiger charge is 2.14. The van der Waals surface area contributed by atoms with E-state index in [1.807, 2.05) is 0 Å². The summed E-state index contributed by atoms with van der Waals surface area (Å²) < 4.78 is 0.466. The molecule has 1 rings (SSSR count). The maximum atomic E-state index is 10.7. The highest BCUT2D eigenvalue weighted by atomic mass is 79.9. The van der Waals surface area contributed by atoms with Crippen LogP contribution in [0.3, 0.4) is 0 Å². The number of benzene rings is 1. The maximum Gasteiger partial charge on any atom is 0.283 e. The Morgan fingerprint density at radius 2 is 2.18 bits per heavy atom. The van der Waals surface area contributed by atoms with Gasteiger partial charge in [0.1, 0.15) is 0 Å². The number of nitrogens with one attached hydrogen (secondary N) is 1. The summed E-state index contributed by atoms with van der Waals surface area (Å²) >= 11 is 3.13. The van der Waals surface area contributed by atoms with Crippen molar-refractivity contribution in [3.8, 4) is 0 Å². The third-order valence-corrected chi connectivity index (χ3v) is 2.76. The average molecular weight is 303 g/mol. The lowest BCUT2D eigenvalue weighted by Crippen LogP contribution is -2.34. The van der Waals surface area contributed by atoms with Gasteiger partial charge < -0.3 is 10.4 Å². The van der Waals surface area contributed by atoms with Crippen molar-refractivity contribution < 1.29 is 10.0 Å². The lowest BCUT2D eigenvalue weighted by Gasteiger charge is -2.17. The third-order valence-electron chi connectivity index (χ3n) is 2.09. The minimum Gasteiger partial charge on any atom is -0.389 e. The van der Waals surface area contributed by atoms with Gasteiger partial charge in [0.2, 0.25) is 0 Å². The largest absolute Gasteiger partial charge is 0.389 e. The van der Waals surface area contributed by atoms with Gasteiger partial charge in [0, 0.05) is 19.2 Å². The van der Waals surface area contributed by atoms with E-state index in [9.17, 15) is 15.2 Å². The van der Waals surface area contributed by atoms with Crippen molar-refractivity contribution in [2.75, 3.05) is 6.54 Å². The van der Waals surface area contributed by atoms with Crippen molar-refractivity contribution >= 4 is 21.6 Å². The van der Waals surface area contributed by atoms with Crippen LogP contribution in [0.5, 0.6) is 0 Å². The van der Waals surface area contributed by atoms with Gasteiger partial charge >= 0.3 is 0 Å². The Balaban J connectivity index is 2.67. The number of aliphatic hydroxyl groups is 1. The van der Waals surface area contributed by atoms with Gasteiger partial charge in [-0.15, -0.1) is 0 Å². The van der Waals surface area contributed by atoms with Crippen molar-refractivity contribution in [2.24, 2.45) is 0 Å². The molecule has 0 aliphatic carbocycles. The molecule has 0 atom stereocenters. The maximum absolute atomic E-state index is 10.7. The number of nitrogens with zero attached hydrogens (tertiary/aromatic N) is 1. The Morgan fingerprint density at radius 1 is 1.53 bits per heavy atom. The minimum atomic E-state index is -0.790. The molecule has 0 fully saturated rings. The van der Waals surface area contributed by atoms with Gasteiger partial charge in [0.25, 0.3) is 5.69 Å². The molecule has 17 heavy (non-hydrogen) atoms. The average Bonchev–Trinajstić information content (AvgIpc) is 2.18. The predicted molar refractivity (Wildman–Crippen MR) is 68.8 cm³/mol. The SMILES string of the molecule is CC(C)(O)CNCc1ccc(Br)c([N+](=O)[O-])c1. The topological polar surface area (TPSA) is 75.4 Å². The van der Waals surface area contributed by atoms with E-state index in [0.717, 1.165) is 5.56 Å². The summed E-state index contributed by atoms with van der Waals surface area (Å²) in [6.07, 6.45) is 0. The number of hydrogen-bond acceptors (Lipinski definition) is 4. The number of nitro benzene ring substituents is 1. The lowest BCUT2D eigenvalue weighted by molar-refractivity contribution is -0.385. The van der Waals surface area contributed by atoms with Crippen LogP contribution in [0.25, 0.3) is 0 Å². The molecule has 0 saturated carbocycles. The molecule has 0 unspecified atom stereocenters. The molecule has 0 amide bonds. The molecule has 0 aliphatic rings. The monoisotopic (exact) mass is 302 g/mol. The van der Waals surface area contributed by atoms with Crippen LogP contribution in [0.4, 0.5) is 5.69 Å². The summed E-state index contributed by atoms with van der Waals surface area (Å²) in [4.78, 5) is 10.3. The molecule has 1 aromatic rings. The van der Waals surface area contributed by atoms with Crippen molar-refractivity contribution in [1.82, 2.24) is 5.32 Å². The van der Waals surface area contributed by atoms with Gasteiger partial charge in [-0.1, -0.05) is 6.07 Å². The van der Waals surface area contributed by atoms with E-state index in [2.05, 4.69) is 21.2 Å². The quantitative estimate of drug-likeness (QED) is 0.646. The zero-order valence-corrected chi connectivity index (χ0v) is 11.3. The second-order valence-corrected chi connectivity index (χ2v) is 5.31. The van der Waals surface area contributed by atoms with Crippen LogP contribution in [-0.4, -0.2) is 22.2 Å². The molecule has 0 spiro atoms. The Hall–Kier alpha value is -0.980. The summed E-state index contributed by atoms with van der Waals surface area (Å²) in [6.45, 7) is 4.31. The predicted octanol–water partition coefficient (Wildman–Crippen LogP) is 2.22. The summed E-state index contributed by atoms with van der Waals surface area (Å²) in [5.41, 5.74) is 0.0677. The second-order valence-electron chi connectivity index (χ2n) is 4.46. The number of nitro groups is 1. The smallest absolute Gasteiger partial charge is 0.283 e. The summed E-state index contributed by atoms with van der Waals surface area (Å²) in [6, 6.07) is 4.97. The van der Waals surface area contributed by atoms with Gasteiger partial charge in [-0.25, -0.2) is 0 Å². The minimum absolute atomic E-state index is 0.0487. The zero-order valence-electron chi connectivity index (χ0n) is 9.74. The fourth-order valence-electron chi connectivity index (χ4n) is 1.32. The van der Waals surface area contributed by atoms with Gasteiger partial charge in [-0.2, -0.15) is 0 Å². The molecule has 0 heterocycles. The van der Waals surface area contributed by atoms with Crippen LogP contribution < -0.4 is 5.32 Å². The fourth-order valence-corrected chi connectivity index (χ4v) is 1.71. The molecule has 0 aromatic heterocycles. The third kappa shape index (κ3) is 4.80. The molecular weight excluding hydrogens is 288 g/mol. The van der Waals surface area contributed by atoms with Crippen LogP contribution in [0.2, 0.25) is 0 Å². The van der Waals surface area contributed by atoms with Crippen molar-refractivity contribution in [1.29, 1.82) is 0 Å². The van der Waals surface area contributed by atoms with Gasteiger partial charge in [-0.3, -0.25) is 10.1 Å². The standard InChI is InChI=1S/C11H15BrN2O3/c1-11(2,15)7-13-6-8-3-4-9(12)10(5-8)14(16)17/h3-5,13,15H,6-7H2,1-2H3. The second kappa shape index (κ2) is 5.57. The first kappa shape index (κ1) is 14.1. The normalized spacial score (nSPS) is 11.5. The van der Waals surface area contributed by atoms with Gasteiger partial charge in [-0.05, 0) is 41.4 Å². The Kier molecular flexibility index (Phi) is 4.62. The summed E-state index contributed by atoms with van der Waals surface area (Å²) in [5, 5.41) is 23.3. The molecule has 0 bridgehead atoms. The molecular formula is C11H15BrN2O3. The van der Waals surface area contributed by atoms with E-state index in [1.54, 1.807) is 26.0 Å². The van der Waals surface area contributed by atoms with E-state index in [4.69, 9.17) is 0 Å². The van der Waals surface area contributed by atoms with E-state index in [1.165, 1.54) is 6.07 Å². The fraction of sp³-hybridized carbons (Fsp3) is 0.455. The number of rotatable bonds is 5.